The molecule has 0 aliphatic rings. The number of hydrogen-bond donors (Lipinski definition) is 2. The molecule has 0 aromatic heterocycles. The first-order chi connectivity index (χ1) is 4.16. The van der Waals surface area contributed by atoms with Gasteiger partial charge in [0.25, 0.3) is 0 Å². The van der Waals surface area contributed by atoms with Crippen molar-refractivity contribution in [1.82, 2.24) is 0 Å². The monoisotopic (exact) mass is 134 g/mol. The van der Waals surface area contributed by atoms with Gasteiger partial charge >= 0.3 is 5.97 Å². The van der Waals surface area contributed by atoms with Crippen molar-refractivity contribution in [2.75, 3.05) is 13.2 Å². The van der Waals surface area contributed by atoms with E-state index in [0.717, 1.165) is 0 Å². The predicted octanol–water partition coefficient (Wildman–Crippen LogP) is -1.10. The second kappa shape index (κ2) is 4.29. The van der Waals surface area contributed by atoms with Crippen molar-refractivity contribution in [1.29, 1.82) is 0 Å². The van der Waals surface area contributed by atoms with Crippen molar-refractivity contribution in [3.05, 3.63) is 0 Å². The van der Waals surface area contributed by atoms with Crippen LogP contribution in [0.15, 0.2) is 0 Å². The lowest BCUT2D eigenvalue weighted by atomic mass is 10.4. The van der Waals surface area contributed by atoms with Crippen molar-refractivity contribution >= 4 is 5.97 Å². The second-order valence-electron chi connectivity index (χ2n) is 1.64. The summed E-state index contributed by atoms with van der Waals surface area (Å²) in [7, 11) is 0. The van der Waals surface area contributed by atoms with Crippen LogP contribution in [0, 0.1) is 0 Å². The van der Waals surface area contributed by atoms with Crippen LogP contribution in [0.3, 0.4) is 0 Å². The van der Waals surface area contributed by atoms with Gasteiger partial charge in [-0.1, -0.05) is 0 Å². The van der Waals surface area contributed by atoms with Crippen molar-refractivity contribution < 1.29 is 19.7 Å². The Bertz CT molecular complexity index is 91.0. The molecule has 0 amide bonds. The third-order valence-electron chi connectivity index (χ3n) is 0.690. The molecular weight excluding hydrogens is 124 g/mol. The highest BCUT2D eigenvalue weighted by molar-refractivity contribution is 5.65. The summed E-state index contributed by atoms with van der Waals surface area (Å²) in [5.41, 5.74) is 0. The van der Waals surface area contributed by atoms with Gasteiger partial charge in [0.1, 0.15) is 12.7 Å². The van der Waals surface area contributed by atoms with Gasteiger partial charge in [0.15, 0.2) is 0 Å². The van der Waals surface area contributed by atoms with E-state index in [0.29, 0.717) is 0 Å². The molecule has 0 fully saturated rings. The van der Waals surface area contributed by atoms with E-state index < -0.39 is 12.1 Å². The minimum atomic E-state index is -0.950. The highest BCUT2D eigenvalue weighted by atomic mass is 16.5. The third-order valence-corrected chi connectivity index (χ3v) is 0.690. The molecule has 4 heteroatoms. The van der Waals surface area contributed by atoms with Crippen molar-refractivity contribution in [3.8, 4) is 0 Å². The first-order valence-corrected chi connectivity index (χ1v) is 2.59. The average Bonchev–Trinajstić information content (AvgIpc) is 1.83. The highest BCUT2D eigenvalue weighted by Crippen LogP contribution is 1.82. The summed E-state index contributed by atoms with van der Waals surface area (Å²) in [5, 5.41) is 16.8. The Kier molecular flexibility index (Phi) is 4.00. The zero-order valence-corrected chi connectivity index (χ0v) is 5.20. The SMILES string of the molecule is CC(=O)OC[C@H](O)CO. The van der Waals surface area contributed by atoms with E-state index >= 15 is 0 Å². The van der Waals surface area contributed by atoms with Gasteiger partial charge < -0.3 is 14.9 Å². The number of carbonyl (C=O) groups excluding carboxylic acids is 1. The number of rotatable bonds is 3. The fourth-order valence-electron chi connectivity index (χ4n) is 0.266. The van der Waals surface area contributed by atoms with E-state index in [4.69, 9.17) is 10.2 Å². The molecule has 0 bridgehead atoms. The Hall–Kier alpha value is -0.610. The molecule has 2 N–H and O–H groups in total. The molecular formula is C5H10O4. The Balaban J connectivity index is 3.16. The molecule has 0 aliphatic heterocycles. The van der Waals surface area contributed by atoms with Gasteiger partial charge in [-0.3, -0.25) is 4.79 Å². The zero-order valence-electron chi connectivity index (χ0n) is 5.20. The number of hydrogen-bond acceptors (Lipinski definition) is 4. The van der Waals surface area contributed by atoms with Crippen LogP contribution in [0.4, 0.5) is 0 Å². The van der Waals surface area contributed by atoms with Crippen LogP contribution in [0.25, 0.3) is 0 Å². The van der Waals surface area contributed by atoms with Crippen LogP contribution < -0.4 is 0 Å². The standard InChI is InChI=1S/C5H10O4/c1-4(7)9-3-5(8)2-6/h5-6,8H,2-3H2,1H3/t5-/m1/s1. The van der Waals surface area contributed by atoms with Gasteiger partial charge in [-0.15, -0.1) is 0 Å². The summed E-state index contributed by atoms with van der Waals surface area (Å²) in [6.07, 6.45) is -0.950. The number of carbonyl (C=O) groups is 1. The molecule has 0 saturated carbocycles. The Morgan fingerprint density at radius 2 is 2.33 bits per heavy atom. The van der Waals surface area contributed by atoms with Crippen molar-refractivity contribution in [2.24, 2.45) is 0 Å². The molecule has 0 heterocycles. The molecule has 0 aromatic carbocycles. The number of esters is 1. The zero-order chi connectivity index (χ0) is 7.28. The fourth-order valence-corrected chi connectivity index (χ4v) is 0.266. The topological polar surface area (TPSA) is 66.8 Å². The van der Waals surface area contributed by atoms with Gasteiger partial charge in [-0.25, -0.2) is 0 Å². The summed E-state index contributed by atoms with van der Waals surface area (Å²) >= 11 is 0. The maximum absolute atomic E-state index is 10.0. The summed E-state index contributed by atoms with van der Waals surface area (Å²) in [6.45, 7) is 0.725. The van der Waals surface area contributed by atoms with E-state index in [1.54, 1.807) is 0 Å². The fraction of sp³-hybridized carbons (Fsp3) is 0.800. The number of aliphatic hydroxyl groups excluding tert-OH is 2. The first kappa shape index (κ1) is 8.39. The Labute approximate surface area is 53.1 Å². The third kappa shape index (κ3) is 5.26. The van der Waals surface area contributed by atoms with Gasteiger partial charge in [0, 0.05) is 6.92 Å². The van der Waals surface area contributed by atoms with Crippen LogP contribution >= 0.6 is 0 Å². The summed E-state index contributed by atoms with van der Waals surface area (Å²) in [4.78, 5) is 10.0. The molecule has 0 unspecified atom stereocenters. The lowest BCUT2D eigenvalue weighted by Gasteiger charge is -2.05. The molecule has 4 nitrogen and oxygen atoms in total. The number of aliphatic hydroxyl groups is 2. The lowest BCUT2D eigenvalue weighted by Crippen LogP contribution is -2.20. The summed E-state index contributed by atoms with van der Waals surface area (Å²) in [5.74, 6) is -0.456. The van der Waals surface area contributed by atoms with Crippen LogP contribution in [0.2, 0.25) is 0 Å². The Morgan fingerprint density at radius 1 is 1.78 bits per heavy atom. The van der Waals surface area contributed by atoms with Crippen LogP contribution in [-0.4, -0.2) is 35.5 Å². The molecule has 0 aromatic rings. The van der Waals surface area contributed by atoms with E-state index in [-0.39, 0.29) is 13.2 Å². The average molecular weight is 134 g/mol. The van der Waals surface area contributed by atoms with Gasteiger partial charge in [0.05, 0.1) is 6.61 Å². The molecule has 0 radical (unpaired) electrons. The van der Waals surface area contributed by atoms with E-state index in [1.165, 1.54) is 6.92 Å². The van der Waals surface area contributed by atoms with Crippen LogP contribution in [0.1, 0.15) is 6.92 Å². The van der Waals surface area contributed by atoms with Crippen LogP contribution in [-0.2, 0) is 9.53 Å². The minimum absolute atomic E-state index is 0.133. The molecule has 9 heavy (non-hydrogen) atoms. The highest BCUT2D eigenvalue weighted by Gasteiger charge is 2.02. The van der Waals surface area contributed by atoms with Gasteiger partial charge in [-0.05, 0) is 0 Å². The van der Waals surface area contributed by atoms with Crippen molar-refractivity contribution in [3.63, 3.8) is 0 Å². The largest absolute Gasteiger partial charge is 0.463 e. The molecule has 0 aliphatic carbocycles. The summed E-state index contributed by atoms with van der Waals surface area (Å²) < 4.78 is 4.35. The normalized spacial score (nSPS) is 12.8. The second-order valence-corrected chi connectivity index (χ2v) is 1.64. The molecule has 0 saturated heterocycles. The van der Waals surface area contributed by atoms with E-state index in [9.17, 15) is 4.79 Å². The predicted molar refractivity (Wildman–Crippen MR) is 29.7 cm³/mol. The molecule has 1 atom stereocenters. The first-order valence-electron chi connectivity index (χ1n) is 2.59. The number of ether oxygens (including phenoxy) is 1. The Morgan fingerprint density at radius 3 is 2.67 bits per heavy atom. The quantitative estimate of drug-likeness (QED) is 0.481. The molecule has 0 rings (SSSR count). The smallest absolute Gasteiger partial charge is 0.302 e. The molecule has 54 valence electrons. The maximum atomic E-state index is 10.0. The minimum Gasteiger partial charge on any atom is -0.463 e. The van der Waals surface area contributed by atoms with Gasteiger partial charge in [0.2, 0.25) is 0 Å². The lowest BCUT2D eigenvalue weighted by molar-refractivity contribution is -0.144. The van der Waals surface area contributed by atoms with E-state index in [2.05, 4.69) is 4.74 Å². The molecule has 0 spiro atoms. The van der Waals surface area contributed by atoms with E-state index in [1.807, 2.05) is 0 Å². The van der Waals surface area contributed by atoms with Crippen molar-refractivity contribution in [2.45, 2.75) is 13.0 Å². The maximum Gasteiger partial charge on any atom is 0.302 e. The van der Waals surface area contributed by atoms with Crippen LogP contribution in [0.5, 0.6) is 0 Å². The summed E-state index contributed by atoms with van der Waals surface area (Å²) in [6, 6.07) is 0. The van der Waals surface area contributed by atoms with Gasteiger partial charge in [-0.2, -0.15) is 0 Å².